The van der Waals surface area contributed by atoms with Crippen LogP contribution in [-0.4, -0.2) is 96.4 Å². The number of sulfonamides is 2. The summed E-state index contributed by atoms with van der Waals surface area (Å²) in [5, 5.41) is 2.44. The molecule has 0 unspecified atom stereocenters. The molecule has 0 aromatic heterocycles. The molecule has 4 fully saturated rings. The molecule has 2 saturated carbocycles. The largest absolute Gasteiger partial charge is 0.465 e. The highest BCUT2D eigenvalue weighted by Gasteiger charge is 2.38. The standard InChI is InChI=1S/C24H30N2O4S.C20H24N2O4S.C4H6O.ClH/c1-30-24(27)20-12-10-19(11-13-20)18-26(22-6-3-2-4-7-22)31(28,29)23-14-16-25(17-15-23)21-8-5-9-21;1-26-20(23)17-9-7-16(8-10-17)15-22(18-5-3-2-4-6-18)27(24,25)19-11-13-21-14-12-19;5-4-2-1-3-4;/h2-4,6-7,10-13,21,23H,5,8-9,14-18H2,1H3;2-10,19,21H,11-15H2,1H3;1-3H2;1H. The Morgan fingerprint density at radius 1 is 0.594 bits per heavy atom. The lowest BCUT2D eigenvalue weighted by Gasteiger charge is -2.42. The van der Waals surface area contributed by atoms with Gasteiger partial charge in [0.25, 0.3) is 0 Å². The molecule has 8 rings (SSSR count). The maximum Gasteiger partial charge on any atom is 0.337 e. The average Bonchev–Trinajstić information content (AvgIpc) is 3.30. The number of benzene rings is 4. The number of ketones is 1. The van der Waals surface area contributed by atoms with Crippen molar-refractivity contribution in [2.45, 2.75) is 93.8 Å². The SMILES string of the molecule is COC(=O)c1ccc(CN(c2ccccc2)S(=O)(=O)C2CCN(C3CCC3)CC2)cc1.COC(=O)c1ccc(CN(c2ccccc2)S(=O)(=O)C2CCNCC2)cc1.Cl.O=C1CCC1. The molecule has 2 aliphatic heterocycles. The number of hydrogen-bond acceptors (Lipinski definition) is 11. The number of nitrogens with one attached hydrogen (secondary N) is 1. The summed E-state index contributed by atoms with van der Waals surface area (Å²) in [4.78, 5) is 35.7. The molecule has 0 radical (unpaired) electrons. The van der Waals surface area contributed by atoms with Crippen molar-refractivity contribution in [3.8, 4) is 0 Å². The topological polar surface area (TPSA) is 160 Å². The normalized spacial score (nSPS) is 17.1. The molecule has 1 N–H and O–H groups in total. The predicted octanol–water partition coefficient (Wildman–Crippen LogP) is 7.55. The molecule has 4 aliphatic rings. The van der Waals surface area contributed by atoms with Crippen molar-refractivity contribution < 1.29 is 40.7 Å². The molecular formula is C48H61ClN4O9S2. The predicted molar refractivity (Wildman–Crippen MR) is 253 cm³/mol. The van der Waals surface area contributed by atoms with Gasteiger partial charge in [-0.1, -0.05) is 67.1 Å². The first-order valence-corrected chi connectivity index (χ1v) is 24.9. The number of ether oxygens (including phenoxy) is 2. The van der Waals surface area contributed by atoms with E-state index < -0.39 is 37.2 Å². The zero-order chi connectivity index (χ0) is 44.8. The number of rotatable bonds is 13. The van der Waals surface area contributed by atoms with Crippen LogP contribution in [0.2, 0.25) is 0 Å². The number of hydrogen-bond donors (Lipinski definition) is 1. The molecule has 0 atom stereocenters. The molecular weight excluding hydrogens is 876 g/mol. The second-order valence-corrected chi connectivity index (χ2v) is 20.6. The lowest BCUT2D eigenvalue weighted by Crippen LogP contribution is -2.49. The van der Waals surface area contributed by atoms with Gasteiger partial charge in [0.05, 0.1) is 60.3 Å². The number of nitrogens with zero attached hydrogens (tertiary/aromatic N) is 3. The van der Waals surface area contributed by atoms with Gasteiger partial charge in [0.1, 0.15) is 5.78 Å². The Labute approximate surface area is 385 Å². The minimum Gasteiger partial charge on any atom is -0.465 e. The van der Waals surface area contributed by atoms with E-state index in [1.165, 1.54) is 42.1 Å². The summed E-state index contributed by atoms with van der Waals surface area (Å²) in [7, 11) is -4.36. The number of para-hydroxylation sites is 2. The van der Waals surface area contributed by atoms with E-state index in [0.29, 0.717) is 73.1 Å². The summed E-state index contributed by atoms with van der Waals surface area (Å²) >= 11 is 0. The van der Waals surface area contributed by atoms with Crippen LogP contribution in [0.5, 0.6) is 0 Å². The Morgan fingerprint density at radius 2 is 0.984 bits per heavy atom. The Hall–Kier alpha value is -4.80. The number of esters is 2. The van der Waals surface area contributed by atoms with E-state index in [4.69, 9.17) is 9.47 Å². The number of piperidine rings is 2. The third-order valence-corrected chi connectivity index (χ3v) is 16.7. The van der Waals surface area contributed by atoms with E-state index in [0.717, 1.165) is 43.5 Å². The fraction of sp³-hybridized carbons (Fsp3) is 0.438. The monoisotopic (exact) mass is 936 g/mol. The molecule has 2 heterocycles. The number of carbonyl (C=O) groups excluding carboxylic acids is 3. The van der Waals surface area contributed by atoms with Crippen LogP contribution in [0.15, 0.2) is 109 Å². The van der Waals surface area contributed by atoms with Gasteiger partial charge in [0, 0.05) is 18.9 Å². The van der Waals surface area contributed by atoms with Crippen LogP contribution >= 0.6 is 12.4 Å². The summed E-state index contributed by atoms with van der Waals surface area (Å²) < 4.78 is 66.6. The number of likely N-dealkylation sites (tertiary alicyclic amines) is 1. The average molecular weight is 938 g/mol. The van der Waals surface area contributed by atoms with Gasteiger partial charge in [-0.25, -0.2) is 26.4 Å². The summed E-state index contributed by atoms with van der Waals surface area (Å²) in [6.07, 6.45) is 9.16. The van der Waals surface area contributed by atoms with E-state index in [1.54, 1.807) is 60.7 Å². The zero-order valence-electron chi connectivity index (χ0n) is 36.7. The molecule has 0 bridgehead atoms. The summed E-state index contributed by atoms with van der Waals surface area (Å²) in [5.74, 6) is -0.383. The van der Waals surface area contributed by atoms with Crippen molar-refractivity contribution in [3.05, 3.63) is 131 Å². The van der Waals surface area contributed by atoms with Gasteiger partial charge < -0.3 is 19.7 Å². The van der Waals surface area contributed by atoms with E-state index in [2.05, 4.69) is 10.2 Å². The van der Waals surface area contributed by atoms with Crippen molar-refractivity contribution in [1.82, 2.24) is 10.2 Å². The first-order chi connectivity index (χ1) is 30.4. The summed E-state index contributed by atoms with van der Waals surface area (Å²) in [6.45, 7) is 3.57. The second kappa shape index (κ2) is 23.9. The highest BCUT2D eigenvalue weighted by Crippen LogP contribution is 2.32. The molecule has 0 amide bonds. The van der Waals surface area contributed by atoms with E-state index in [-0.39, 0.29) is 30.7 Å². The lowest BCUT2D eigenvalue weighted by atomic mass is 9.90. The molecule has 4 aromatic carbocycles. The van der Waals surface area contributed by atoms with Crippen molar-refractivity contribution in [3.63, 3.8) is 0 Å². The first kappa shape index (κ1) is 50.2. The van der Waals surface area contributed by atoms with Crippen LogP contribution in [0, 0.1) is 0 Å². The fourth-order valence-corrected chi connectivity index (χ4v) is 11.8. The molecule has 16 heteroatoms. The maximum absolute atomic E-state index is 13.7. The quantitative estimate of drug-likeness (QED) is 0.132. The van der Waals surface area contributed by atoms with E-state index in [9.17, 15) is 31.2 Å². The molecule has 346 valence electrons. The summed E-state index contributed by atoms with van der Waals surface area (Å²) in [6, 6.07) is 32.8. The first-order valence-electron chi connectivity index (χ1n) is 21.8. The maximum atomic E-state index is 13.7. The van der Waals surface area contributed by atoms with Crippen molar-refractivity contribution in [2.24, 2.45) is 0 Å². The van der Waals surface area contributed by atoms with Crippen molar-refractivity contribution >= 4 is 61.6 Å². The van der Waals surface area contributed by atoms with Crippen LogP contribution in [0.3, 0.4) is 0 Å². The molecule has 0 spiro atoms. The number of carbonyl (C=O) groups is 3. The summed E-state index contributed by atoms with van der Waals surface area (Å²) in [5.41, 5.74) is 3.84. The smallest absolute Gasteiger partial charge is 0.337 e. The molecule has 4 aromatic rings. The van der Waals surface area contributed by atoms with Crippen LogP contribution in [0.25, 0.3) is 0 Å². The van der Waals surface area contributed by atoms with Gasteiger partial charge in [-0.05, 0) is 131 Å². The van der Waals surface area contributed by atoms with Gasteiger partial charge in [0.2, 0.25) is 20.0 Å². The van der Waals surface area contributed by atoms with Crippen molar-refractivity contribution in [1.29, 1.82) is 0 Å². The number of Topliss-reactive ketones (excluding diaryl/α,β-unsaturated/α-hetero) is 1. The molecule has 2 aliphatic carbocycles. The van der Waals surface area contributed by atoms with Crippen LogP contribution in [-0.2, 0) is 47.4 Å². The van der Waals surface area contributed by atoms with Gasteiger partial charge >= 0.3 is 11.9 Å². The van der Waals surface area contributed by atoms with Crippen LogP contribution in [0.1, 0.15) is 96.1 Å². The third-order valence-electron chi connectivity index (χ3n) is 12.2. The lowest BCUT2D eigenvalue weighted by molar-refractivity contribution is -0.123. The Morgan fingerprint density at radius 3 is 1.31 bits per heavy atom. The highest BCUT2D eigenvalue weighted by atomic mass is 35.5. The Balaban J connectivity index is 0.000000215. The second-order valence-electron chi connectivity index (χ2n) is 16.3. The third kappa shape index (κ3) is 13.2. The minimum absolute atomic E-state index is 0. The number of halogens is 1. The van der Waals surface area contributed by atoms with Crippen LogP contribution < -0.4 is 13.9 Å². The number of anilines is 2. The fourth-order valence-electron chi connectivity index (χ4n) is 7.97. The van der Waals surface area contributed by atoms with Crippen molar-refractivity contribution in [2.75, 3.05) is 49.0 Å². The van der Waals surface area contributed by atoms with Gasteiger partial charge in [0.15, 0.2) is 0 Å². The van der Waals surface area contributed by atoms with Gasteiger partial charge in [-0.2, -0.15) is 0 Å². The van der Waals surface area contributed by atoms with Crippen LogP contribution in [0.4, 0.5) is 11.4 Å². The molecule has 13 nitrogen and oxygen atoms in total. The minimum atomic E-state index is -3.53. The Kier molecular flexibility index (Phi) is 18.8. The highest BCUT2D eigenvalue weighted by molar-refractivity contribution is 7.93. The zero-order valence-corrected chi connectivity index (χ0v) is 39.1. The van der Waals surface area contributed by atoms with Gasteiger partial charge in [-0.3, -0.25) is 13.4 Å². The Bertz CT molecular complexity index is 2310. The molecule has 64 heavy (non-hydrogen) atoms. The molecule has 2 saturated heterocycles. The van der Waals surface area contributed by atoms with E-state index >= 15 is 0 Å². The van der Waals surface area contributed by atoms with E-state index in [1.807, 2.05) is 48.5 Å². The number of methoxy groups -OCH3 is 2. The van der Waals surface area contributed by atoms with Gasteiger partial charge in [-0.15, -0.1) is 12.4 Å².